The Kier molecular flexibility index (Phi) is 4.65. The number of piperidine rings is 1. The van der Waals surface area contributed by atoms with Crippen LogP contribution in [0.2, 0.25) is 0 Å². The van der Waals surface area contributed by atoms with Crippen molar-refractivity contribution >= 4 is 17.3 Å². The van der Waals surface area contributed by atoms with E-state index in [1.165, 1.54) is 18.5 Å². The van der Waals surface area contributed by atoms with Crippen molar-refractivity contribution in [1.29, 1.82) is 0 Å². The highest BCUT2D eigenvalue weighted by Gasteiger charge is 2.40. The molecule has 2 aliphatic heterocycles. The Balaban J connectivity index is 1.49. The average Bonchev–Trinajstić information content (AvgIpc) is 3.10. The molecular formula is C18H19F3N4O2. The molecule has 2 saturated heterocycles. The minimum absolute atomic E-state index is 0.0417. The monoisotopic (exact) mass is 380 g/mol. The van der Waals surface area contributed by atoms with Gasteiger partial charge in [0.05, 0.1) is 24.5 Å². The number of anilines is 3. The molecule has 0 atom stereocenters. The van der Waals surface area contributed by atoms with E-state index in [9.17, 15) is 13.2 Å². The molecule has 0 unspecified atom stereocenters. The summed E-state index contributed by atoms with van der Waals surface area (Å²) in [5, 5.41) is 2.76. The maximum absolute atomic E-state index is 13.2. The Morgan fingerprint density at radius 1 is 1.04 bits per heavy atom. The van der Waals surface area contributed by atoms with Crippen LogP contribution in [-0.4, -0.2) is 42.1 Å². The lowest BCUT2D eigenvalue weighted by molar-refractivity contribution is -0.169. The second kappa shape index (κ2) is 6.97. The minimum Gasteiger partial charge on any atom is -0.356 e. The topological polar surface area (TPSA) is 59.5 Å². The molecule has 1 aromatic heterocycles. The smallest absolute Gasteiger partial charge is 0.356 e. The first-order valence-corrected chi connectivity index (χ1v) is 8.73. The number of halogens is 3. The Bertz CT molecular complexity index is 799. The molecule has 9 heteroatoms. The fourth-order valence-electron chi connectivity index (χ4n) is 3.43. The van der Waals surface area contributed by atoms with E-state index in [0.717, 1.165) is 18.9 Å². The van der Waals surface area contributed by atoms with Gasteiger partial charge in [-0.25, -0.2) is 9.97 Å². The van der Waals surface area contributed by atoms with Gasteiger partial charge >= 0.3 is 6.18 Å². The van der Waals surface area contributed by atoms with E-state index in [1.54, 1.807) is 12.1 Å². The number of nitrogens with one attached hydrogen (secondary N) is 1. The van der Waals surface area contributed by atoms with Crippen LogP contribution in [0, 0.1) is 0 Å². The fourth-order valence-corrected chi connectivity index (χ4v) is 3.43. The fraction of sp³-hybridized carbons (Fsp3) is 0.444. The van der Waals surface area contributed by atoms with Crippen molar-refractivity contribution in [3.05, 3.63) is 42.2 Å². The van der Waals surface area contributed by atoms with Crippen molar-refractivity contribution in [2.75, 3.05) is 36.5 Å². The molecule has 27 heavy (non-hydrogen) atoms. The number of hydrogen-bond acceptors (Lipinski definition) is 6. The number of benzene rings is 1. The van der Waals surface area contributed by atoms with Gasteiger partial charge in [0, 0.05) is 32.0 Å². The average molecular weight is 380 g/mol. The van der Waals surface area contributed by atoms with Crippen LogP contribution in [0.25, 0.3) is 0 Å². The van der Waals surface area contributed by atoms with E-state index < -0.39 is 17.5 Å². The van der Waals surface area contributed by atoms with Crippen LogP contribution in [0.5, 0.6) is 0 Å². The standard InChI is InChI=1S/C18H19F3N4O2/c19-18(20,21)13-3-1-2-4-14(13)24-15-11-16(23-12-22-15)25-7-5-17(6-8-25)26-9-10-27-17/h1-4,11-12H,5-10H2,(H,22,23,24). The molecule has 6 nitrogen and oxygen atoms in total. The Morgan fingerprint density at radius 3 is 2.44 bits per heavy atom. The van der Waals surface area contributed by atoms with Crippen LogP contribution < -0.4 is 10.2 Å². The highest BCUT2D eigenvalue weighted by atomic mass is 19.4. The highest BCUT2D eigenvalue weighted by molar-refractivity contribution is 5.63. The summed E-state index contributed by atoms with van der Waals surface area (Å²) in [5.41, 5.74) is -0.777. The van der Waals surface area contributed by atoms with Crippen LogP contribution in [0.1, 0.15) is 18.4 Å². The summed E-state index contributed by atoms with van der Waals surface area (Å²) in [6.45, 7) is 2.60. The first kappa shape index (κ1) is 18.0. The normalized spacial score (nSPS) is 19.4. The molecule has 0 amide bonds. The van der Waals surface area contributed by atoms with Gasteiger partial charge < -0.3 is 19.7 Å². The molecule has 4 rings (SSSR count). The molecule has 2 aliphatic rings. The van der Waals surface area contributed by atoms with E-state index >= 15 is 0 Å². The van der Waals surface area contributed by atoms with E-state index in [4.69, 9.17) is 9.47 Å². The molecule has 0 saturated carbocycles. The largest absolute Gasteiger partial charge is 0.418 e. The van der Waals surface area contributed by atoms with Crippen LogP contribution in [0.4, 0.5) is 30.5 Å². The zero-order valence-electron chi connectivity index (χ0n) is 14.5. The molecule has 0 aliphatic carbocycles. The molecular weight excluding hydrogens is 361 g/mol. The van der Waals surface area contributed by atoms with Crippen molar-refractivity contribution in [3.63, 3.8) is 0 Å². The Morgan fingerprint density at radius 2 is 1.74 bits per heavy atom. The van der Waals surface area contributed by atoms with Gasteiger partial charge in [-0.1, -0.05) is 12.1 Å². The molecule has 0 radical (unpaired) electrons. The summed E-state index contributed by atoms with van der Waals surface area (Å²) in [4.78, 5) is 10.4. The first-order chi connectivity index (χ1) is 13.0. The van der Waals surface area contributed by atoms with Gasteiger partial charge in [-0.3, -0.25) is 0 Å². The predicted octanol–water partition coefficient (Wildman–Crippen LogP) is 3.58. The number of alkyl halides is 3. The SMILES string of the molecule is FC(F)(F)c1ccccc1Nc1cc(N2CCC3(CC2)OCCO3)ncn1. The van der Waals surface area contributed by atoms with E-state index in [0.29, 0.717) is 37.9 Å². The third-order valence-electron chi connectivity index (χ3n) is 4.81. The van der Waals surface area contributed by atoms with Gasteiger partial charge in [0.1, 0.15) is 18.0 Å². The van der Waals surface area contributed by atoms with Gasteiger partial charge in [0.25, 0.3) is 0 Å². The van der Waals surface area contributed by atoms with E-state index in [1.807, 2.05) is 0 Å². The number of hydrogen-bond donors (Lipinski definition) is 1. The van der Waals surface area contributed by atoms with Crippen molar-refractivity contribution in [2.45, 2.75) is 24.8 Å². The summed E-state index contributed by atoms with van der Waals surface area (Å²) in [7, 11) is 0. The van der Waals surface area contributed by atoms with Gasteiger partial charge in [-0.15, -0.1) is 0 Å². The number of nitrogens with zero attached hydrogens (tertiary/aromatic N) is 3. The second-order valence-corrected chi connectivity index (χ2v) is 6.52. The Hall–Kier alpha value is -2.39. The quantitative estimate of drug-likeness (QED) is 0.878. The summed E-state index contributed by atoms with van der Waals surface area (Å²) in [5.74, 6) is 0.478. The minimum atomic E-state index is -4.44. The third kappa shape index (κ3) is 3.84. The number of ether oxygens (including phenoxy) is 2. The van der Waals surface area contributed by atoms with Crippen molar-refractivity contribution in [3.8, 4) is 0 Å². The number of para-hydroxylation sites is 1. The highest BCUT2D eigenvalue weighted by Crippen LogP contribution is 2.36. The van der Waals surface area contributed by atoms with Crippen LogP contribution >= 0.6 is 0 Å². The van der Waals surface area contributed by atoms with Gasteiger partial charge in [-0.2, -0.15) is 13.2 Å². The Labute approximate surface area is 154 Å². The van der Waals surface area contributed by atoms with Crippen molar-refractivity contribution < 1.29 is 22.6 Å². The van der Waals surface area contributed by atoms with Crippen LogP contribution in [-0.2, 0) is 15.7 Å². The molecule has 1 spiro atoms. The summed E-state index contributed by atoms with van der Waals surface area (Å²) >= 11 is 0. The molecule has 3 heterocycles. The lowest BCUT2D eigenvalue weighted by Gasteiger charge is -2.38. The predicted molar refractivity (Wildman–Crippen MR) is 92.8 cm³/mol. The van der Waals surface area contributed by atoms with Crippen LogP contribution in [0.3, 0.4) is 0 Å². The zero-order chi connectivity index (χ0) is 18.9. The van der Waals surface area contributed by atoms with Gasteiger partial charge in [0.2, 0.25) is 0 Å². The maximum Gasteiger partial charge on any atom is 0.418 e. The zero-order valence-corrected chi connectivity index (χ0v) is 14.5. The lowest BCUT2D eigenvalue weighted by atomic mass is 10.0. The summed E-state index contributed by atoms with van der Waals surface area (Å²) < 4.78 is 50.9. The third-order valence-corrected chi connectivity index (χ3v) is 4.81. The second-order valence-electron chi connectivity index (χ2n) is 6.52. The molecule has 2 fully saturated rings. The van der Waals surface area contributed by atoms with Crippen molar-refractivity contribution in [1.82, 2.24) is 9.97 Å². The van der Waals surface area contributed by atoms with Crippen molar-refractivity contribution in [2.24, 2.45) is 0 Å². The summed E-state index contributed by atoms with van der Waals surface area (Å²) in [6, 6.07) is 6.98. The van der Waals surface area contributed by atoms with E-state index in [-0.39, 0.29) is 5.69 Å². The number of aromatic nitrogens is 2. The molecule has 2 aromatic rings. The lowest BCUT2D eigenvalue weighted by Crippen LogP contribution is -2.45. The molecule has 1 N–H and O–H groups in total. The molecule has 144 valence electrons. The number of rotatable bonds is 3. The summed E-state index contributed by atoms with van der Waals surface area (Å²) in [6.07, 6.45) is -1.66. The first-order valence-electron chi connectivity index (χ1n) is 8.73. The molecule has 0 bridgehead atoms. The van der Waals surface area contributed by atoms with E-state index in [2.05, 4.69) is 20.2 Å². The van der Waals surface area contributed by atoms with Gasteiger partial charge in [0.15, 0.2) is 5.79 Å². The van der Waals surface area contributed by atoms with Gasteiger partial charge in [-0.05, 0) is 12.1 Å². The maximum atomic E-state index is 13.2. The van der Waals surface area contributed by atoms with Crippen LogP contribution in [0.15, 0.2) is 36.7 Å². The molecule has 1 aromatic carbocycles.